The van der Waals surface area contributed by atoms with Crippen LogP contribution in [0.15, 0.2) is 138 Å². The van der Waals surface area contributed by atoms with E-state index < -0.39 is 30.0 Å². The molecule has 16 heteroatoms. The minimum Gasteiger partial charge on any atom is -0.505 e. The van der Waals surface area contributed by atoms with Crippen LogP contribution in [-0.4, -0.2) is 66.5 Å². The van der Waals surface area contributed by atoms with Crippen molar-refractivity contribution >= 4 is 74.5 Å². The van der Waals surface area contributed by atoms with E-state index in [9.17, 15) is 29.4 Å². The number of hydrogen-bond donors (Lipinski definition) is 7. The number of hydrazine groups is 1. The Hall–Kier alpha value is -7.56. The van der Waals surface area contributed by atoms with Gasteiger partial charge in [-0.25, -0.2) is 20.2 Å². The summed E-state index contributed by atoms with van der Waals surface area (Å²) in [5.41, 5.74) is 3.57. The Balaban J connectivity index is 1.22. The van der Waals surface area contributed by atoms with E-state index in [1.807, 2.05) is 0 Å². The third kappa shape index (κ3) is 11.5. The number of phenolic OH excluding ortho intramolecular Hbond substituents is 1. The van der Waals surface area contributed by atoms with Crippen molar-refractivity contribution in [1.82, 2.24) is 5.32 Å². The number of urea groups is 1. The fraction of sp³-hybridized carbons (Fsp3) is 0.143. The number of benzene rings is 5. The minimum absolute atomic E-state index is 0.0118. The molecular formula is C42H42N8O8. The summed E-state index contributed by atoms with van der Waals surface area (Å²) in [6.07, 6.45) is 0.0312. The van der Waals surface area contributed by atoms with E-state index in [1.165, 1.54) is 11.9 Å². The van der Waals surface area contributed by atoms with Crippen LogP contribution in [0.3, 0.4) is 0 Å². The number of fused-ring (bicyclic) bond motifs is 1. The molecule has 0 spiro atoms. The number of phenols is 1. The van der Waals surface area contributed by atoms with Crippen molar-refractivity contribution in [2.24, 2.45) is 16.1 Å². The fourth-order valence-electron chi connectivity index (χ4n) is 5.28. The maximum Gasteiger partial charge on any atom is 0.333 e. The largest absolute Gasteiger partial charge is 0.505 e. The molecule has 3 amide bonds. The molecule has 0 aliphatic heterocycles. The molecule has 298 valence electrons. The second-order valence-corrected chi connectivity index (χ2v) is 12.7. The lowest BCUT2D eigenvalue weighted by Crippen LogP contribution is -2.32. The highest BCUT2D eigenvalue weighted by molar-refractivity contribution is 6.11. The Kier molecular flexibility index (Phi) is 14.2. The lowest BCUT2D eigenvalue weighted by atomic mass is 10.0. The van der Waals surface area contributed by atoms with E-state index in [0.717, 1.165) is 6.08 Å². The summed E-state index contributed by atoms with van der Waals surface area (Å²) in [5.74, 6) is 4.26. The summed E-state index contributed by atoms with van der Waals surface area (Å²) >= 11 is 0. The molecule has 5 rings (SSSR count). The molecule has 0 fully saturated rings. The lowest BCUT2D eigenvalue weighted by molar-refractivity contribution is -0.140. The molecule has 0 bridgehead atoms. The van der Waals surface area contributed by atoms with Gasteiger partial charge in [0.25, 0.3) is 5.91 Å². The highest BCUT2D eigenvalue weighted by Crippen LogP contribution is 2.40. The van der Waals surface area contributed by atoms with Crippen LogP contribution in [0.1, 0.15) is 17.3 Å². The first-order valence-electron chi connectivity index (χ1n) is 17.8. The van der Waals surface area contributed by atoms with Crippen molar-refractivity contribution in [2.75, 3.05) is 47.3 Å². The summed E-state index contributed by atoms with van der Waals surface area (Å²) in [4.78, 5) is 48.4. The number of nitrogens with zero attached hydrogens (tertiary/aromatic N) is 3. The number of esters is 2. The van der Waals surface area contributed by atoms with Crippen molar-refractivity contribution in [2.45, 2.75) is 13.0 Å². The number of nitrogens with one attached hydrogen (secondary N) is 4. The van der Waals surface area contributed by atoms with Gasteiger partial charge in [0.15, 0.2) is 5.75 Å². The molecule has 0 aliphatic carbocycles. The molecule has 1 unspecified atom stereocenters. The SMILES string of the molecule is C=CC(=O)OCC(O)CNc1cccc(NC(=O)c2cc3ccccc3c(N=Nc3ccc(N(N)c4ccc(NC(=O)NCCOC(=O)C(=C)C)cc4)cc3)c2O)c1. The number of carbonyl (C=O) groups is 4. The topological polar surface area (TPSA) is 229 Å². The lowest BCUT2D eigenvalue weighted by Gasteiger charge is -2.19. The number of hydrogen-bond acceptors (Lipinski definition) is 13. The average molecular weight is 787 g/mol. The smallest absolute Gasteiger partial charge is 0.333 e. The number of rotatable bonds is 17. The average Bonchev–Trinajstić information content (AvgIpc) is 3.23. The zero-order chi connectivity index (χ0) is 41.6. The molecule has 58 heavy (non-hydrogen) atoms. The van der Waals surface area contributed by atoms with Gasteiger partial charge in [0.2, 0.25) is 0 Å². The monoisotopic (exact) mass is 786 g/mol. The summed E-state index contributed by atoms with van der Waals surface area (Å²) in [5, 5.41) is 43.9. The van der Waals surface area contributed by atoms with Gasteiger partial charge in [-0.05, 0) is 85.1 Å². The first kappa shape index (κ1) is 41.6. The number of ether oxygens (including phenoxy) is 2. The third-order valence-electron chi connectivity index (χ3n) is 8.25. The number of azo groups is 1. The Morgan fingerprint density at radius 2 is 1.55 bits per heavy atom. The molecule has 0 heterocycles. The predicted molar refractivity (Wildman–Crippen MR) is 222 cm³/mol. The number of aliphatic hydroxyl groups is 1. The number of amides is 3. The van der Waals surface area contributed by atoms with Crippen molar-refractivity contribution < 1.29 is 38.9 Å². The molecule has 0 saturated carbocycles. The molecule has 5 aromatic carbocycles. The molecule has 8 N–H and O–H groups in total. The van der Waals surface area contributed by atoms with Crippen molar-refractivity contribution in [1.29, 1.82) is 0 Å². The molecule has 0 aromatic heterocycles. The van der Waals surface area contributed by atoms with E-state index in [4.69, 9.17) is 15.3 Å². The van der Waals surface area contributed by atoms with Crippen LogP contribution in [0, 0.1) is 0 Å². The first-order chi connectivity index (χ1) is 27.9. The van der Waals surface area contributed by atoms with E-state index in [2.05, 4.69) is 44.7 Å². The predicted octanol–water partition coefficient (Wildman–Crippen LogP) is 6.97. The van der Waals surface area contributed by atoms with Gasteiger partial charge in [0.05, 0.1) is 29.2 Å². The number of nitrogens with two attached hydrogens (primary N) is 1. The fourth-order valence-corrected chi connectivity index (χ4v) is 5.28. The molecule has 1 atom stereocenters. The van der Waals surface area contributed by atoms with Gasteiger partial charge in [-0.15, -0.1) is 5.11 Å². The quantitative estimate of drug-likeness (QED) is 0.0127. The van der Waals surface area contributed by atoms with Crippen molar-refractivity contribution in [3.05, 3.63) is 133 Å². The summed E-state index contributed by atoms with van der Waals surface area (Å²) in [6, 6.07) is 28.7. The van der Waals surface area contributed by atoms with Gasteiger partial charge >= 0.3 is 18.0 Å². The number of aromatic hydroxyl groups is 1. The van der Waals surface area contributed by atoms with E-state index in [-0.39, 0.29) is 48.9 Å². The number of anilines is 5. The normalized spacial score (nSPS) is 11.3. The standard InChI is InChI=1S/C42H42N8O8/c1-4-37(52)58-25-34(51)24-45-30-9-7-10-31(23-30)46-40(54)36-22-27-8-5-6-11-35(27)38(39(36)53)49-48-29-14-18-33(19-15-29)50(43)32-16-12-28(13-17-32)47-42(56)44-20-21-57-41(55)26(2)3/h4-19,22-23,34,45,51,53H,1-2,20-21,24-25,43H2,3H3,(H,46,54)(H2,44,47,56). The molecule has 0 aliphatic rings. The number of carbonyl (C=O) groups excluding carboxylic acids is 4. The van der Waals surface area contributed by atoms with Gasteiger partial charge in [-0.1, -0.05) is 43.5 Å². The Labute approximate surface area is 333 Å². The molecule has 0 saturated heterocycles. The maximum atomic E-state index is 13.5. The van der Waals surface area contributed by atoms with E-state index in [1.54, 1.807) is 103 Å². The zero-order valence-electron chi connectivity index (χ0n) is 31.5. The molecular weight excluding hydrogens is 745 g/mol. The van der Waals surface area contributed by atoms with Crippen LogP contribution in [0.5, 0.6) is 5.75 Å². The van der Waals surface area contributed by atoms with Gasteiger partial charge < -0.3 is 41.0 Å². The Morgan fingerprint density at radius 1 is 0.862 bits per heavy atom. The Bertz CT molecular complexity index is 2330. The summed E-state index contributed by atoms with van der Waals surface area (Å²) in [6.45, 7) is 8.35. The van der Waals surface area contributed by atoms with Crippen LogP contribution in [0.2, 0.25) is 0 Å². The number of aliphatic hydroxyl groups excluding tert-OH is 1. The van der Waals surface area contributed by atoms with Gasteiger partial charge in [0.1, 0.15) is 25.0 Å². The van der Waals surface area contributed by atoms with Crippen molar-refractivity contribution in [3.63, 3.8) is 0 Å². The molecule has 5 aromatic rings. The minimum atomic E-state index is -0.978. The maximum absolute atomic E-state index is 13.5. The van der Waals surface area contributed by atoms with Crippen LogP contribution in [-0.2, 0) is 19.1 Å². The highest BCUT2D eigenvalue weighted by atomic mass is 16.5. The van der Waals surface area contributed by atoms with Crippen LogP contribution < -0.4 is 32.1 Å². The third-order valence-corrected chi connectivity index (χ3v) is 8.25. The second kappa shape index (κ2) is 19.9. The van der Waals surface area contributed by atoms with E-state index in [0.29, 0.717) is 44.9 Å². The van der Waals surface area contributed by atoms with E-state index >= 15 is 0 Å². The van der Waals surface area contributed by atoms with Gasteiger partial charge in [-0.3, -0.25) is 9.80 Å². The van der Waals surface area contributed by atoms with Crippen LogP contribution in [0.4, 0.5) is 44.6 Å². The van der Waals surface area contributed by atoms with Crippen molar-refractivity contribution in [3.8, 4) is 5.75 Å². The summed E-state index contributed by atoms with van der Waals surface area (Å²) in [7, 11) is 0. The zero-order valence-corrected chi connectivity index (χ0v) is 31.5. The highest BCUT2D eigenvalue weighted by Gasteiger charge is 2.19. The van der Waals surface area contributed by atoms with Gasteiger partial charge in [0, 0.05) is 40.6 Å². The molecule has 16 nitrogen and oxygen atoms in total. The second-order valence-electron chi connectivity index (χ2n) is 12.7. The van der Waals surface area contributed by atoms with Crippen LogP contribution in [0.25, 0.3) is 10.8 Å². The van der Waals surface area contributed by atoms with Crippen LogP contribution >= 0.6 is 0 Å². The summed E-state index contributed by atoms with van der Waals surface area (Å²) < 4.78 is 9.80. The molecule has 0 radical (unpaired) electrons. The first-order valence-corrected chi connectivity index (χ1v) is 17.8. The Morgan fingerprint density at radius 3 is 2.26 bits per heavy atom. The van der Waals surface area contributed by atoms with Gasteiger partial charge in [-0.2, -0.15) is 5.11 Å².